The molecular weight excluding hydrogens is 494 g/mol. The maximum Gasteiger partial charge on any atom is 0.343 e. The third-order valence-electron chi connectivity index (χ3n) is 5.48. The predicted octanol–water partition coefficient (Wildman–Crippen LogP) is 5.61. The van der Waals surface area contributed by atoms with E-state index in [0.29, 0.717) is 29.4 Å². The Morgan fingerprint density at radius 3 is 2.31 bits per heavy atom. The summed E-state index contributed by atoms with van der Waals surface area (Å²) >= 11 is 1.45. The van der Waals surface area contributed by atoms with Crippen LogP contribution in [0.25, 0.3) is 21.9 Å². The number of aromatic nitrogens is 1. The molecule has 9 heteroatoms. The van der Waals surface area contributed by atoms with Gasteiger partial charge in [0.25, 0.3) is 0 Å². The van der Waals surface area contributed by atoms with Crippen LogP contribution in [0.15, 0.2) is 77.7 Å². The Morgan fingerprint density at radius 1 is 1.03 bits per heavy atom. The van der Waals surface area contributed by atoms with Crippen LogP contribution >= 0.6 is 11.3 Å². The lowest BCUT2D eigenvalue weighted by Gasteiger charge is -2.18. The van der Waals surface area contributed by atoms with Crippen molar-refractivity contribution in [1.82, 2.24) is 9.29 Å². The number of ether oxygens (including phenoxy) is 1. The number of hydrogen-bond donors (Lipinski definition) is 0. The summed E-state index contributed by atoms with van der Waals surface area (Å²) < 4.78 is 33.0. The van der Waals surface area contributed by atoms with Crippen molar-refractivity contribution >= 4 is 49.2 Å². The molecule has 1 aromatic heterocycles. The van der Waals surface area contributed by atoms with E-state index in [1.54, 1.807) is 44.2 Å². The highest BCUT2D eigenvalue weighted by Crippen LogP contribution is 2.28. The summed E-state index contributed by atoms with van der Waals surface area (Å²) in [6.07, 6.45) is 1.73. The van der Waals surface area contributed by atoms with E-state index in [1.807, 2.05) is 24.3 Å². The number of allylic oxidation sites excluding steroid dienone is 1. The SMILES string of the molecule is CCN(CC)S(=O)(=O)c1ccc(C(=O)Oc2ccc(C=C(C#N)c3nc4ccccc4s3)cc2)cc1. The average Bonchev–Trinajstić information content (AvgIpc) is 3.33. The number of benzene rings is 3. The van der Waals surface area contributed by atoms with E-state index in [-0.39, 0.29) is 10.5 Å². The molecule has 0 saturated carbocycles. The van der Waals surface area contributed by atoms with E-state index in [1.165, 1.54) is 39.9 Å². The van der Waals surface area contributed by atoms with Gasteiger partial charge in [-0.2, -0.15) is 9.57 Å². The van der Waals surface area contributed by atoms with Gasteiger partial charge in [-0.15, -0.1) is 11.3 Å². The predicted molar refractivity (Wildman–Crippen MR) is 141 cm³/mol. The normalized spacial score (nSPS) is 12.0. The third-order valence-corrected chi connectivity index (χ3v) is 8.61. The smallest absolute Gasteiger partial charge is 0.343 e. The Morgan fingerprint density at radius 2 is 1.69 bits per heavy atom. The standard InChI is InChI=1S/C27H23N3O4S2/c1-3-30(4-2)36(32,33)23-15-11-20(12-16-23)27(31)34-22-13-9-19(10-14-22)17-21(18-28)26-29-24-7-5-6-8-25(24)35-26/h5-17H,3-4H2,1-2H3. The van der Waals surface area contributed by atoms with E-state index < -0.39 is 16.0 Å². The molecule has 0 saturated heterocycles. The van der Waals surface area contributed by atoms with Crippen LogP contribution in [0.3, 0.4) is 0 Å². The van der Waals surface area contributed by atoms with Gasteiger partial charge >= 0.3 is 5.97 Å². The second-order valence-electron chi connectivity index (χ2n) is 7.73. The summed E-state index contributed by atoms with van der Waals surface area (Å²) in [5.74, 6) is -0.271. The number of esters is 1. The first-order valence-corrected chi connectivity index (χ1v) is 13.5. The molecular formula is C27H23N3O4S2. The third kappa shape index (κ3) is 5.36. The molecule has 0 spiro atoms. The number of para-hydroxylation sites is 1. The number of rotatable bonds is 8. The number of nitrogens with zero attached hydrogens (tertiary/aromatic N) is 3. The fourth-order valence-electron chi connectivity index (χ4n) is 3.57. The van der Waals surface area contributed by atoms with Gasteiger partial charge in [-0.1, -0.05) is 38.1 Å². The molecule has 3 aromatic carbocycles. The van der Waals surface area contributed by atoms with Gasteiger partial charge in [-0.25, -0.2) is 18.2 Å². The van der Waals surface area contributed by atoms with E-state index in [4.69, 9.17) is 4.74 Å². The number of carbonyl (C=O) groups excluding carboxylic acids is 1. The molecule has 0 amide bonds. The fraction of sp³-hybridized carbons (Fsp3) is 0.148. The van der Waals surface area contributed by atoms with Crippen LogP contribution < -0.4 is 4.74 Å². The highest BCUT2D eigenvalue weighted by Gasteiger charge is 2.22. The molecule has 182 valence electrons. The van der Waals surface area contributed by atoms with Crippen LogP contribution in [-0.2, 0) is 10.0 Å². The van der Waals surface area contributed by atoms with Crippen molar-refractivity contribution in [3.63, 3.8) is 0 Å². The first-order chi connectivity index (χ1) is 17.3. The fourth-order valence-corrected chi connectivity index (χ4v) is 5.96. The van der Waals surface area contributed by atoms with Crippen molar-refractivity contribution in [2.75, 3.05) is 13.1 Å². The molecule has 0 radical (unpaired) electrons. The maximum absolute atomic E-state index is 12.6. The molecule has 0 aliphatic carbocycles. The van der Waals surface area contributed by atoms with Gasteiger partial charge in [0.05, 0.1) is 26.2 Å². The van der Waals surface area contributed by atoms with Crippen molar-refractivity contribution in [3.8, 4) is 11.8 Å². The minimum Gasteiger partial charge on any atom is -0.423 e. The summed E-state index contributed by atoms with van der Waals surface area (Å²) in [6.45, 7) is 4.28. The van der Waals surface area contributed by atoms with E-state index in [2.05, 4.69) is 11.1 Å². The Hall–Kier alpha value is -3.84. The Bertz CT molecular complexity index is 1530. The van der Waals surface area contributed by atoms with E-state index in [9.17, 15) is 18.5 Å². The molecule has 36 heavy (non-hydrogen) atoms. The summed E-state index contributed by atoms with van der Waals surface area (Å²) in [5.41, 5.74) is 2.29. The van der Waals surface area contributed by atoms with Crippen molar-refractivity contribution < 1.29 is 17.9 Å². The van der Waals surface area contributed by atoms with Crippen molar-refractivity contribution in [3.05, 3.63) is 88.9 Å². The Kier molecular flexibility index (Phi) is 7.60. The minimum absolute atomic E-state index is 0.125. The highest BCUT2D eigenvalue weighted by molar-refractivity contribution is 7.89. The van der Waals surface area contributed by atoms with Gasteiger partial charge in [0, 0.05) is 13.1 Å². The number of fused-ring (bicyclic) bond motifs is 1. The average molecular weight is 518 g/mol. The first kappa shape index (κ1) is 25.3. The van der Waals surface area contributed by atoms with Crippen LogP contribution in [0, 0.1) is 11.3 Å². The number of hydrogen-bond acceptors (Lipinski definition) is 7. The molecule has 0 aliphatic rings. The van der Waals surface area contributed by atoms with Crippen molar-refractivity contribution in [2.45, 2.75) is 18.7 Å². The number of nitriles is 1. The summed E-state index contributed by atoms with van der Waals surface area (Å²) in [7, 11) is -3.60. The second-order valence-corrected chi connectivity index (χ2v) is 10.7. The number of thiazole rings is 1. The second kappa shape index (κ2) is 10.8. The zero-order chi connectivity index (χ0) is 25.7. The molecule has 0 atom stereocenters. The molecule has 1 heterocycles. The topological polar surface area (TPSA) is 100 Å². The van der Waals surface area contributed by atoms with E-state index >= 15 is 0 Å². The van der Waals surface area contributed by atoms with Gasteiger partial charge in [0.2, 0.25) is 10.0 Å². The van der Waals surface area contributed by atoms with E-state index in [0.717, 1.165) is 15.8 Å². The quantitative estimate of drug-likeness (QED) is 0.171. The van der Waals surface area contributed by atoms with Gasteiger partial charge in [0.15, 0.2) is 0 Å². The summed E-state index contributed by atoms with van der Waals surface area (Å²) in [6, 6.07) is 22.4. The van der Waals surface area contributed by atoms with Crippen molar-refractivity contribution in [1.29, 1.82) is 5.26 Å². The summed E-state index contributed by atoms with van der Waals surface area (Å²) in [4.78, 5) is 17.2. The molecule has 4 rings (SSSR count). The maximum atomic E-state index is 12.6. The monoisotopic (exact) mass is 517 g/mol. The van der Waals surface area contributed by atoms with Gasteiger partial charge < -0.3 is 4.74 Å². The highest BCUT2D eigenvalue weighted by atomic mass is 32.2. The molecule has 0 bridgehead atoms. The first-order valence-electron chi connectivity index (χ1n) is 11.3. The molecule has 4 aromatic rings. The Balaban J connectivity index is 1.46. The van der Waals surface area contributed by atoms with Crippen LogP contribution in [-0.4, -0.2) is 36.8 Å². The lowest BCUT2D eigenvalue weighted by Crippen LogP contribution is -2.30. The van der Waals surface area contributed by atoms with Crippen LogP contribution in [0.5, 0.6) is 5.75 Å². The lowest BCUT2D eigenvalue weighted by atomic mass is 10.1. The molecule has 0 fully saturated rings. The molecule has 0 unspecified atom stereocenters. The zero-order valence-corrected chi connectivity index (χ0v) is 21.3. The van der Waals surface area contributed by atoms with Crippen LogP contribution in [0.2, 0.25) is 0 Å². The van der Waals surface area contributed by atoms with Crippen molar-refractivity contribution in [2.24, 2.45) is 0 Å². The largest absolute Gasteiger partial charge is 0.423 e. The number of carbonyl (C=O) groups is 1. The van der Waals surface area contributed by atoms with Gasteiger partial charge in [-0.3, -0.25) is 0 Å². The minimum atomic E-state index is -3.60. The van der Waals surface area contributed by atoms with Crippen LogP contribution in [0.4, 0.5) is 0 Å². The summed E-state index contributed by atoms with van der Waals surface area (Å²) in [5, 5.41) is 10.3. The molecule has 0 N–H and O–H groups in total. The van der Waals surface area contributed by atoms with Gasteiger partial charge in [-0.05, 0) is 60.2 Å². The zero-order valence-electron chi connectivity index (χ0n) is 19.7. The molecule has 0 aliphatic heterocycles. The lowest BCUT2D eigenvalue weighted by molar-refractivity contribution is 0.0734. The van der Waals surface area contributed by atoms with Gasteiger partial charge in [0.1, 0.15) is 16.8 Å². The van der Waals surface area contributed by atoms with Crippen LogP contribution in [0.1, 0.15) is 34.8 Å². The Labute approximate surface area is 214 Å². The number of sulfonamides is 1. The molecule has 7 nitrogen and oxygen atoms in total.